The molecular formula is C16H28N2S. The first-order valence-corrected chi connectivity index (χ1v) is 8.67. The molecule has 1 fully saturated rings. The average Bonchev–Trinajstić information content (AvgIpc) is 3.02. The molecule has 0 radical (unpaired) electrons. The fraction of sp³-hybridized carbons (Fsp3) is 0.812. The van der Waals surface area contributed by atoms with Crippen LogP contribution in [0.4, 0.5) is 0 Å². The third kappa shape index (κ3) is 3.57. The van der Waals surface area contributed by atoms with Crippen LogP contribution in [0.25, 0.3) is 0 Å². The molecule has 2 nitrogen and oxygen atoms in total. The molecule has 2 rings (SSSR count). The minimum absolute atomic E-state index is 0.544. The van der Waals surface area contributed by atoms with Crippen LogP contribution in [0.5, 0.6) is 0 Å². The molecule has 108 valence electrons. The van der Waals surface area contributed by atoms with E-state index in [0.717, 1.165) is 24.9 Å². The first-order valence-electron chi connectivity index (χ1n) is 7.85. The van der Waals surface area contributed by atoms with Crippen molar-refractivity contribution < 1.29 is 0 Å². The molecule has 1 aromatic rings. The van der Waals surface area contributed by atoms with Crippen LogP contribution in [0, 0.1) is 5.92 Å². The molecule has 1 aromatic heterocycles. The second-order valence-corrected chi connectivity index (χ2v) is 7.20. The summed E-state index contributed by atoms with van der Waals surface area (Å²) in [6.45, 7) is 11.0. The number of hydrogen-bond donors (Lipinski definition) is 1. The zero-order valence-corrected chi connectivity index (χ0v) is 13.6. The third-order valence-corrected chi connectivity index (χ3v) is 5.53. The predicted molar refractivity (Wildman–Crippen MR) is 84.0 cm³/mol. The summed E-state index contributed by atoms with van der Waals surface area (Å²) in [5.41, 5.74) is 1.33. The van der Waals surface area contributed by atoms with Gasteiger partial charge >= 0.3 is 0 Å². The summed E-state index contributed by atoms with van der Waals surface area (Å²) >= 11 is 1.96. The quantitative estimate of drug-likeness (QED) is 0.819. The normalized spacial score (nSPS) is 23.4. The van der Waals surface area contributed by atoms with E-state index in [1.54, 1.807) is 0 Å². The van der Waals surface area contributed by atoms with Crippen LogP contribution in [0.15, 0.2) is 0 Å². The van der Waals surface area contributed by atoms with E-state index in [9.17, 15) is 0 Å². The lowest BCUT2D eigenvalue weighted by molar-refractivity contribution is 0.520. The first kappa shape index (κ1) is 15.0. The lowest BCUT2D eigenvalue weighted by Gasteiger charge is -2.06. The van der Waals surface area contributed by atoms with Crippen molar-refractivity contribution in [3.63, 3.8) is 0 Å². The summed E-state index contributed by atoms with van der Waals surface area (Å²) in [5, 5.41) is 4.86. The molecular weight excluding hydrogens is 252 g/mol. The number of nitrogens with one attached hydrogen (secondary N) is 1. The van der Waals surface area contributed by atoms with Gasteiger partial charge in [0.05, 0.1) is 10.7 Å². The molecule has 1 aliphatic rings. The summed E-state index contributed by atoms with van der Waals surface area (Å²) in [4.78, 5) is 6.46. The molecule has 0 bridgehead atoms. The van der Waals surface area contributed by atoms with Crippen molar-refractivity contribution in [3.8, 4) is 0 Å². The number of aromatic nitrogens is 1. The molecule has 2 unspecified atom stereocenters. The Morgan fingerprint density at radius 3 is 2.68 bits per heavy atom. The average molecular weight is 280 g/mol. The third-order valence-electron chi connectivity index (χ3n) is 4.29. The van der Waals surface area contributed by atoms with Crippen molar-refractivity contribution in [3.05, 3.63) is 15.6 Å². The van der Waals surface area contributed by atoms with E-state index >= 15 is 0 Å². The van der Waals surface area contributed by atoms with Crippen LogP contribution in [-0.2, 0) is 6.54 Å². The second-order valence-electron chi connectivity index (χ2n) is 6.08. The summed E-state index contributed by atoms with van der Waals surface area (Å²) in [6, 6.07) is 0. The molecule has 19 heavy (non-hydrogen) atoms. The maximum absolute atomic E-state index is 4.99. The highest BCUT2D eigenvalue weighted by Crippen LogP contribution is 2.42. The van der Waals surface area contributed by atoms with Gasteiger partial charge in [0.15, 0.2) is 0 Å². The maximum atomic E-state index is 4.99. The monoisotopic (exact) mass is 280 g/mol. The Kier molecular flexibility index (Phi) is 5.40. The van der Waals surface area contributed by atoms with E-state index in [1.807, 2.05) is 11.3 Å². The minimum Gasteiger partial charge on any atom is -0.312 e. The van der Waals surface area contributed by atoms with Crippen molar-refractivity contribution >= 4 is 11.3 Å². The van der Waals surface area contributed by atoms with Crippen molar-refractivity contribution in [2.75, 3.05) is 6.54 Å². The Balaban J connectivity index is 2.13. The van der Waals surface area contributed by atoms with Gasteiger partial charge in [0.1, 0.15) is 0 Å². The van der Waals surface area contributed by atoms with Crippen LogP contribution in [0.3, 0.4) is 0 Å². The van der Waals surface area contributed by atoms with Crippen molar-refractivity contribution in [1.82, 2.24) is 10.3 Å². The second kappa shape index (κ2) is 6.85. The molecule has 0 aromatic carbocycles. The van der Waals surface area contributed by atoms with Gasteiger partial charge in [0, 0.05) is 17.3 Å². The summed E-state index contributed by atoms with van der Waals surface area (Å²) in [7, 11) is 0. The molecule has 1 saturated carbocycles. The predicted octanol–water partition coefficient (Wildman–Crippen LogP) is 4.67. The molecule has 1 aliphatic carbocycles. The Labute approximate surface area is 122 Å². The minimum atomic E-state index is 0.544. The number of thiazole rings is 1. The molecule has 0 saturated heterocycles. The van der Waals surface area contributed by atoms with Gasteiger partial charge < -0.3 is 5.32 Å². The highest BCUT2D eigenvalue weighted by atomic mass is 32.1. The van der Waals surface area contributed by atoms with Gasteiger partial charge in [-0.05, 0) is 37.6 Å². The van der Waals surface area contributed by atoms with Gasteiger partial charge in [-0.25, -0.2) is 4.98 Å². The van der Waals surface area contributed by atoms with Crippen LogP contribution in [0.1, 0.15) is 80.8 Å². The SMILES string of the molecule is CCNCc1sc(C2CCC(CC)C2)nc1C(C)C. The summed E-state index contributed by atoms with van der Waals surface area (Å²) < 4.78 is 0. The van der Waals surface area contributed by atoms with Crippen LogP contribution in [0.2, 0.25) is 0 Å². The lowest BCUT2D eigenvalue weighted by atomic mass is 10.0. The van der Waals surface area contributed by atoms with E-state index in [4.69, 9.17) is 4.98 Å². The van der Waals surface area contributed by atoms with Crippen molar-refractivity contribution in [2.24, 2.45) is 5.92 Å². The number of nitrogens with zero attached hydrogens (tertiary/aromatic N) is 1. The smallest absolute Gasteiger partial charge is 0.0962 e. The molecule has 0 aliphatic heterocycles. The molecule has 0 amide bonds. The van der Waals surface area contributed by atoms with Gasteiger partial charge in [-0.15, -0.1) is 11.3 Å². The van der Waals surface area contributed by atoms with Crippen LogP contribution >= 0.6 is 11.3 Å². The fourth-order valence-electron chi connectivity index (χ4n) is 3.04. The van der Waals surface area contributed by atoms with Gasteiger partial charge in [0.2, 0.25) is 0 Å². The van der Waals surface area contributed by atoms with E-state index in [2.05, 4.69) is 33.0 Å². The molecule has 1 N–H and O–H groups in total. The number of rotatable bonds is 6. The van der Waals surface area contributed by atoms with Crippen LogP contribution in [-0.4, -0.2) is 11.5 Å². The standard InChI is InChI=1S/C16H28N2S/c1-5-12-7-8-13(9-12)16-18-15(11(3)4)14(19-16)10-17-6-2/h11-13,17H,5-10H2,1-4H3. The summed E-state index contributed by atoms with van der Waals surface area (Å²) in [5.74, 6) is 2.22. The lowest BCUT2D eigenvalue weighted by Crippen LogP contribution is -2.12. The van der Waals surface area contributed by atoms with Crippen molar-refractivity contribution in [2.45, 2.75) is 71.8 Å². The van der Waals surface area contributed by atoms with E-state index in [-0.39, 0.29) is 0 Å². The topological polar surface area (TPSA) is 24.9 Å². The van der Waals surface area contributed by atoms with E-state index in [0.29, 0.717) is 5.92 Å². The number of hydrogen-bond acceptors (Lipinski definition) is 3. The van der Waals surface area contributed by atoms with Crippen molar-refractivity contribution in [1.29, 1.82) is 0 Å². The Hall–Kier alpha value is -0.410. The molecule has 1 heterocycles. The van der Waals surface area contributed by atoms with E-state index in [1.165, 1.54) is 41.3 Å². The Morgan fingerprint density at radius 2 is 2.11 bits per heavy atom. The first-order chi connectivity index (χ1) is 9.15. The Morgan fingerprint density at radius 1 is 1.32 bits per heavy atom. The zero-order valence-electron chi connectivity index (χ0n) is 12.8. The molecule has 2 atom stereocenters. The molecule has 0 spiro atoms. The highest BCUT2D eigenvalue weighted by Gasteiger charge is 2.28. The maximum Gasteiger partial charge on any atom is 0.0962 e. The van der Waals surface area contributed by atoms with Gasteiger partial charge in [-0.1, -0.05) is 34.1 Å². The zero-order chi connectivity index (χ0) is 13.8. The van der Waals surface area contributed by atoms with Gasteiger partial charge in [-0.2, -0.15) is 0 Å². The summed E-state index contributed by atoms with van der Waals surface area (Å²) in [6.07, 6.45) is 5.45. The van der Waals surface area contributed by atoms with Crippen LogP contribution < -0.4 is 5.32 Å². The fourth-order valence-corrected chi connectivity index (χ4v) is 4.38. The highest BCUT2D eigenvalue weighted by molar-refractivity contribution is 7.11. The largest absolute Gasteiger partial charge is 0.312 e. The van der Waals surface area contributed by atoms with Gasteiger partial charge in [-0.3, -0.25) is 0 Å². The van der Waals surface area contributed by atoms with E-state index < -0.39 is 0 Å². The Bertz CT molecular complexity index is 397. The van der Waals surface area contributed by atoms with Gasteiger partial charge in [0.25, 0.3) is 0 Å². The molecule has 3 heteroatoms.